The highest BCUT2D eigenvalue weighted by Crippen LogP contribution is 2.49. The van der Waals surface area contributed by atoms with E-state index < -0.39 is 11.1 Å². The Morgan fingerprint density at radius 1 is 0.750 bits per heavy atom. The molecule has 3 nitrogen and oxygen atoms in total. The van der Waals surface area contributed by atoms with E-state index in [0.717, 1.165) is 21.9 Å². The van der Waals surface area contributed by atoms with Gasteiger partial charge in [0, 0.05) is 15.5 Å². The van der Waals surface area contributed by atoms with Crippen LogP contribution in [0.1, 0.15) is 0 Å². The molecule has 0 aliphatic rings. The molecule has 3 aromatic carbocycles. The predicted octanol–water partition coefficient (Wildman–Crippen LogP) is 5.15. The zero-order chi connectivity index (χ0) is 16.6. The molecule has 0 unspecified atom stereocenters. The average Bonchev–Trinajstić information content (AvgIpc) is 2.67. The van der Waals surface area contributed by atoms with Crippen molar-refractivity contribution in [2.24, 2.45) is 0 Å². The molecule has 0 fully saturated rings. The lowest BCUT2D eigenvalue weighted by atomic mass is 10.3. The Morgan fingerprint density at radius 2 is 1.21 bits per heavy atom. The van der Waals surface area contributed by atoms with Gasteiger partial charge in [-0.25, -0.2) is 3.71 Å². The first-order chi connectivity index (χ1) is 11.9. The number of amides is 1. The van der Waals surface area contributed by atoms with E-state index in [4.69, 9.17) is 0 Å². The molecule has 0 saturated carbocycles. The second kappa shape index (κ2) is 8.47. The highest BCUT2D eigenvalue weighted by atomic mass is 32.3. The smallest absolute Gasteiger partial charge is 0.230 e. The van der Waals surface area contributed by atoms with Gasteiger partial charge in [0.15, 0.2) is 0 Å². The van der Waals surface area contributed by atoms with E-state index >= 15 is 0 Å². The van der Waals surface area contributed by atoms with Gasteiger partial charge < -0.3 is 4.72 Å². The Balaban J connectivity index is 1.87. The van der Waals surface area contributed by atoms with E-state index in [1.54, 1.807) is 3.71 Å². The van der Waals surface area contributed by atoms with Crippen LogP contribution in [0.5, 0.6) is 0 Å². The summed E-state index contributed by atoms with van der Waals surface area (Å²) >= 11 is 0.372. The van der Waals surface area contributed by atoms with Crippen molar-refractivity contribution in [3.05, 3.63) is 91.0 Å². The molecule has 1 N–H and O–H groups in total. The van der Waals surface area contributed by atoms with Crippen LogP contribution in [-0.2, 0) is 4.79 Å². The minimum absolute atomic E-state index is 0.895. The number of hydrogen-bond donors (Lipinski definition) is 2. The molecule has 0 saturated heterocycles. The van der Waals surface area contributed by atoms with Gasteiger partial charge in [-0.3, -0.25) is 4.79 Å². The molecule has 24 heavy (non-hydrogen) atoms. The Bertz CT molecular complexity index is 715. The van der Waals surface area contributed by atoms with E-state index in [0.29, 0.717) is 0 Å². The van der Waals surface area contributed by atoms with Gasteiger partial charge in [0.25, 0.3) is 0 Å². The fourth-order valence-electron chi connectivity index (χ4n) is 2.23. The molecule has 0 spiro atoms. The molecular formula is C19H18N2OS2. The van der Waals surface area contributed by atoms with Gasteiger partial charge in [-0.05, 0) is 36.4 Å². The minimum Gasteiger partial charge on any atom is -0.311 e. The lowest BCUT2D eigenvalue weighted by Gasteiger charge is -2.31. The second-order valence-corrected chi connectivity index (χ2v) is 8.09. The van der Waals surface area contributed by atoms with Crippen LogP contribution in [0.4, 0.5) is 5.69 Å². The van der Waals surface area contributed by atoms with Gasteiger partial charge >= 0.3 is 0 Å². The highest BCUT2D eigenvalue weighted by Gasteiger charge is 2.18. The summed E-state index contributed by atoms with van der Waals surface area (Å²) in [6.45, 7) is 0. The molecule has 0 atom stereocenters. The molecule has 5 heteroatoms. The van der Waals surface area contributed by atoms with Crippen molar-refractivity contribution in [3.63, 3.8) is 0 Å². The molecule has 0 aliphatic carbocycles. The molecule has 0 aliphatic heterocycles. The molecule has 0 heterocycles. The first-order valence-corrected chi connectivity index (χ1v) is 9.58. The van der Waals surface area contributed by atoms with Gasteiger partial charge in [0.2, 0.25) is 6.41 Å². The number of hydrogen-bond acceptors (Lipinski definition) is 3. The minimum atomic E-state index is -0.945. The molecule has 3 rings (SSSR count). The number of carbonyl (C=O) groups excluding carboxylic acids is 1. The maximum absolute atomic E-state index is 11.8. The summed E-state index contributed by atoms with van der Waals surface area (Å²) in [5.74, 6) is 0. The Morgan fingerprint density at radius 3 is 1.67 bits per heavy atom. The van der Waals surface area contributed by atoms with Gasteiger partial charge in [-0.2, -0.15) is 0 Å². The Hall–Kier alpha value is -2.37. The van der Waals surface area contributed by atoms with Crippen molar-refractivity contribution in [1.82, 2.24) is 3.71 Å². The molecule has 1 amide bonds. The maximum Gasteiger partial charge on any atom is 0.230 e. The Labute approximate surface area is 149 Å². The van der Waals surface area contributed by atoms with Gasteiger partial charge in [-0.15, -0.1) is 11.1 Å². The van der Waals surface area contributed by atoms with Crippen LogP contribution in [0.2, 0.25) is 0 Å². The quantitative estimate of drug-likeness (QED) is 0.349. The zero-order valence-corrected chi connectivity index (χ0v) is 14.7. The SMILES string of the molecule is O=CN(SNc1ccccc1)[SH](c1ccccc1)c1ccccc1. The van der Waals surface area contributed by atoms with Crippen molar-refractivity contribution in [2.75, 3.05) is 4.72 Å². The number of rotatable bonds is 7. The molecule has 122 valence electrons. The largest absolute Gasteiger partial charge is 0.311 e. The Kier molecular flexibility index (Phi) is 5.82. The van der Waals surface area contributed by atoms with Gasteiger partial charge in [0.05, 0.1) is 12.1 Å². The third-order valence-electron chi connectivity index (χ3n) is 3.32. The summed E-state index contributed by atoms with van der Waals surface area (Å²) in [5.41, 5.74) is 0.963. The average molecular weight is 355 g/mol. The van der Waals surface area contributed by atoms with Crippen LogP contribution in [0.25, 0.3) is 0 Å². The number of para-hydroxylation sites is 1. The molecule has 0 bridgehead atoms. The van der Waals surface area contributed by atoms with Crippen LogP contribution in [0.15, 0.2) is 101 Å². The van der Waals surface area contributed by atoms with Crippen LogP contribution >= 0.6 is 23.2 Å². The van der Waals surface area contributed by atoms with Crippen molar-refractivity contribution < 1.29 is 4.79 Å². The van der Waals surface area contributed by atoms with Crippen molar-refractivity contribution >= 4 is 35.3 Å². The third-order valence-corrected chi connectivity index (χ3v) is 6.72. The number of thiol groups is 1. The van der Waals surface area contributed by atoms with E-state index in [2.05, 4.69) is 29.0 Å². The topological polar surface area (TPSA) is 32.3 Å². The second-order valence-electron chi connectivity index (χ2n) is 4.95. The number of carbonyl (C=O) groups is 1. The van der Waals surface area contributed by atoms with Crippen LogP contribution in [0, 0.1) is 0 Å². The van der Waals surface area contributed by atoms with Crippen LogP contribution < -0.4 is 4.72 Å². The van der Waals surface area contributed by atoms with E-state index in [-0.39, 0.29) is 0 Å². The van der Waals surface area contributed by atoms with Crippen molar-refractivity contribution in [2.45, 2.75) is 9.79 Å². The zero-order valence-electron chi connectivity index (χ0n) is 12.9. The predicted molar refractivity (Wildman–Crippen MR) is 104 cm³/mol. The molecule has 0 aromatic heterocycles. The highest BCUT2D eigenvalue weighted by molar-refractivity contribution is 8.23. The maximum atomic E-state index is 11.8. The number of nitrogens with zero attached hydrogens (tertiary/aromatic N) is 1. The number of benzene rings is 3. The molecule has 0 radical (unpaired) electrons. The summed E-state index contributed by atoms with van der Waals surface area (Å²) in [5, 5.41) is 0. The standard InChI is InChI=1S/C19H18N2OS2/c22-16-21(23-20-17-10-4-1-5-11-17)24(18-12-6-2-7-13-18)19-14-8-3-9-15-19/h1-16,20,24H. The molecule has 3 aromatic rings. The lowest BCUT2D eigenvalue weighted by Crippen LogP contribution is -2.13. The summed E-state index contributed by atoms with van der Waals surface area (Å²) in [6.07, 6.45) is 0.895. The fourth-order valence-corrected chi connectivity index (χ4v) is 5.38. The summed E-state index contributed by atoms with van der Waals surface area (Å²) < 4.78 is 5.00. The van der Waals surface area contributed by atoms with Gasteiger partial charge in [-0.1, -0.05) is 54.6 Å². The molecular weight excluding hydrogens is 336 g/mol. The van der Waals surface area contributed by atoms with E-state index in [1.165, 1.54) is 12.1 Å². The normalized spacial score (nSPS) is 10.8. The van der Waals surface area contributed by atoms with Gasteiger partial charge in [0.1, 0.15) is 0 Å². The summed E-state index contributed by atoms with van der Waals surface area (Å²) in [6, 6.07) is 30.1. The lowest BCUT2D eigenvalue weighted by molar-refractivity contribution is -0.111. The first-order valence-electron chi connectivity index (χ1n) is 7.51. The van der Waals surface area contributed by atoms with Crippen LogP contribution in [-0.4, -0.2) is 10.1 Å². The van der Waals surface area contributed by atoms with Crippen LogP contribution in [0.3, 0.4) is 0 Å². The summed E-state index contributed by atoms with van der Waals surface area (Å²) in [4.78, 5) is 14.1. The summed E-state index contributed by atoms with van der Waals surface area (Å²) in [7, 11) is 0. The number of anilines is 1. The van der Waals surface area contributed by atoms with Crippen molar-refractivity contribution in [1.29, 1.82) is 0 Å². The van der Waals surface area contributed by atoms with E-state index in [9.17, 15) is 4.79 Å². The van der Waals surface area contributed by atoms with E-state index in [1.807, 2.05) is 66.7 Å². The third kappa shape index (κ3) is 4.13. The fraction of sp³-hybridized carbons (Fsp3) is 0. The first kappa shape index (κ1) is 16.5. The number of nitrogens with one attached hydrogen (secondary N) is 1. The van der Waals surface area contributed by atoms with Crippen molar-refractivity contribution in [3.8, 4) is 0 Å². The monoisotopic (exact) mass is 354 g/mol.